The van der Waals surface area contributed by atoms with Crippen LogP contribution in [0.2, 0.25) is 10.0 Å². The minimum atomic E-state index is 0.385. The Bertz CT molecular complexity index is 2950. The van der Waals surface area contributed by atoms with Crippen molar-refractivity contribution < 1.29 is 0 Å². The Morgan fingerprint density at radius 2 is 0.922 bits per heavy atom. The van der Waals surface area contributed by atoms with Crippen LogP contribution >= 0.6 is 167 Å². The third kappa shape index (κ3) is 5.66. The van der Waals surface area contributed by atoms with E-state index < -0.39 is 0 Å². The van der Waals surface area contributed by atoms with Gasteiger partial charge in [-0.25, -0.2) is 24.9 Å². The van der Waals surface area contributed by atoms with E-state index in [9.17, 15) is 0 Å². The van der Waals surface area contributed by atoms with Crippen molar-refractivity contribution in [3.05, 3.63) is 86.7 Å². The van der Waals surface area contributed by atoms with E-state index in [4.69, 9.17) is 48.1 Å². The highest BCUT2D eigenvalue weighted by Gasteiger charge is 2.28. The fourth-order valence-electron chi connectivity index (χ4n) is 6.12. The minimum absolute atomic E-state index is 0.385. The SMILES string of the molecule is Clc1c(Br)c(Br)cc2c1-c1cc-2nc2[nH]c(nc3nc(nc4[nH]c(n1)c1c(Br)c(Br)c(Br)cc41)-c1cc(Br)c(Br)c(Cl)c1-3)c1cc(Br)c(Br)cc21. The number of aromatic amines is 2. The van der Waals surface area contributed by atoms with Crippen LogP contribution < -0.4 is 0 Å². The molecule has 1 aliphatic heterocycles. The minimum Gasteiger partial charge on any atom is -0.324 e. The molecule has 0 fully saturated rings. The summed E-state index contributed by atoms with van der Waals surface area (Å²) in [5.74, 6) is 0.800. The largest absolute Gasteiger partial charge is 0.324 e. The number of halogens is 11. The van der Waals surface area contributed by atoms with E-state index in [0.717, 1.165) is 64.0 Å². The Hall–Kier alpha value is -0.790. The molecule has 4 aromatic carbocycles. The number of nitrogens with one attached hydrogen (secondary N) is 2. The molecule has 8 bridgehead atoms. The Balaban J connectivity index is 1.55. The van der Waals surface area contributed by atoms with E-state index >= 15 is 0 Å². The predicted molar refractivity (Wildman–Crippen MR) is 238 cm³/mol. The lowest BCUT2D eigenvalue weighted by Gasteiger charge is -2.08. The van der Waals surface area contributed by atoms with Crippen molar-refractivity contribution in [1.29, 1.82) is 0 Å². The van der Waals surface area contributed by atoms with Gasteiger partial charge in [0.1, 0.15) is 22.6 Å². The van der Waals surface area contributed by atoms with Gasteiger partial charge in [0, 0.05) is 69.5 Å². The van der Waals surface area contributed by atoms with E-state index in [1.54, 1.807) is 0 Å². The highest BCUT2D eigenvalue weighted by Crippen LogP contribution is 2.50. The number of aromatic nitrogens is 7. The molecule has 252 valence electrons. The van der Waals surface area contributed by atoms with Crippen LogP contribution in [0, 0.1) is 0 Å². The lowest BCUT2D eigenvalue weighted by atomic mass is 10.1. The molecule has 18 heteroatoms. The quantitative estimate of drug-likeness (QED) is 0.148. The molecule has 1 aliphatic carbocycles. The Morgan fingerprint density at radius 1 is 0.412 bits per heavy atom. The van der Waals surface area contributed by atoms with Gasteiger partial charge in [0.15, 0.2) is 11.6 Å². The number of rotatable bonds is 0. The van der Waals surface area contributed by atoms with Crippen LogP contribution in [0.4, 0.5) is 0 Å². The lowest BCUT2D eigenvalue weighted by Crippen LogP contribution is -1.87. The van der Waals surface area contributed by atoms with Gasteiger partial charge in [-0.1, -0.05) is 23.2 Å². The fourth-order valence-corrected chi connectivity index (χ4v) is 10.7. The summed E-state index contributed by atoms with van der Waals surface area (Å²) >= 11 is 47.2. The van der Waals surface area contributed by atoms with Crippen LogP contribution in [0.5, 0.6) is 0 Å². The number of hydrogen-bond acceptors (Lipinski definition) is 5. The van der Waals surface area contributed by atoms with Crippen molar-refractivity contribution in [1.82, 2.24) is 34.9 Å². The Labute approximate surface area is 372 Å². The molecule has 0 saturated heterocycles. The second-order valence-electron chi connectivity index (χ2n) is 11.3. The highest BCUT2D eigenvalue weighted by atomic mass is 79.9. The van der Waals surface area contributed by atoms with Crippen LogP contribution in [0.1, 0.15) is 0 Å². The summed E-state index contributed by atoms with van der Waals surface area (Å²) in [6.07, 6.45) is 0. The molecule has 4 heterocycles. The molecule has 2 aliphatic rings. The Morgan fingerprint density at radius 3 is 1.61 bits per heavy atom. The van der Waals surface area contributed by atoms with Crippen molar-refractivity contribution >= 4 is 211 Å². The number of H-pyrrole nitrogens is 2. The van der Waals surface area contributed by atoms with E-state index in [0.29, 0.717) is 75.7 Å². The summed E-state index contributed by atoms with van der Waals surface area (Å²) < 4.78 is 7.04. The summed E-state index contributed by atoms with van der Waals surface area (Å²) in [4.78, 5) is 32.6. The average Bonchev–Trinajstić information content (AvgIpc) is 3.80. The molecule has 0 spiro atoms. The van der Waals surface area contributed by atoms with E-state index in [-0.39, 0.29) is 0 Å². The third-order valence-electron chi connectivity index (χ3n) is 8.40. The summed E-state index contributed by atoms with van der Waals surface area (Å²) in [5.41, 5.74) is 6.33. The molecule has 0 radical (unpaired) electrons. The molecule has 0 amide bonds. The maximum absolute atomic E-state index is 7.06. The molecule has 7 nitrogen and oxygen atoms in total. The normalized spacial score (nSPS) is 12.2. The standard InChI is InChI=1S/C33H8Br9Cl2N7/c34-12-1-7-8(2-13(12)35)29-47-28(7)45-17-6-18(19-9(17)3-15(37)23(40)26(19)43)46-32-20-10(4-14(36)22(39)25(20)42)30(50-32)48-31-11-5-16(38)24(41)27(44)21(11)33(49-29)51-31/h1-6H,(H2,45,46,47,48,49,50,51). The molecular formula is C33H8Br9Cl2N7. The summed E-state index contributed by atoms with van der Waals surface area (Å²) in [6.45, 7) is 0. The van der Waals surface area contributed by atoms with E-state index in [2.05, 4.69) is 153 Å². The lowest BCUT2D eigenvalue weighted by molar-refractivity contribution is 1.21. The monoisotopic (exact) mass is 1280 g/mol. The molecule has 7 aromatic rings. The van der Waals surface area contributed by atoms with Gasteiger partial charge in [0.05, 0.1) is 35.9 Å². The van der Waals surface area contributed by atoms with Gasteiger partial charge in [-0.2, -0.15) is 0 Å². The topological polar surface area (TPSA) is 96.0 Å². The van der Waals surface area contributed by atoms with Crippen LogP contribution in [0.3, 0.4) is 0 Å². The summed E-state index contributed by atoms with van der Waals surface area (Å²) in [7, 11) is 0. The van der Waals surface area contributed by atoms with E-state index in [1.807, 2.05) is 36.4 Å². The first kappa shape index (κ1) is 35.9. The van der Waals surface area contributed by atoms with Crippen molar-refractivity contribution in [2.75, 3.05) is 0 Å². The molecule has 9 rings (SSSR count). The fraction of sp³-hybridized carbons (Fsp3) is 0. The van der Waals surface area contributed by atoms with Crippen molar-refractivity contribution in [3.63, 3.8) is 0 Å². The number of benzene rings is 4. The molecule has 51 heavy (non-hydrogen) atoms. The van der Waals surface area contributed by atoms with Crippen LogP contribution in [0.25, 0.3) is 89.4 Å². The maximum atomic E-state index is 7.06. The molecule has 0 atom stereocenters. The number of fused-ring (bicyclic) bond motifs is 20. The molecule has 0 unspecified atom stereocenters. The molecule has 2 N–H and O–H groups in total. The van der Waals surface area contributed by atoms with Crippen molar-refractivity contribution in [3.8, 4) is 45.3 Å². The van der Waals surface area contributed by atoms with Crippen LogP contribution in [0.15, 0.2) is 76.7 Å². The van der Waals surface area contributed by atoms with Gasteiger partial charge in [-0.05, 0) is 180 Å². The van der Waals surface area contributed by atoms with Gasteiger partial charge in [0.2, 0.25) is 0 Å². The third-order valence-corrected chi connectivity index (χ3v) is 18.7. The van der Waals surface area contributed by atoms with Crippen LogP contribution in [-0.2, 0) is 0 Å². The van der Waals surface area contributed by atoms with Crippen molar-refractivity contribution in [2.24, 2.45) is 0 Å². The first-order valence-electron chi connectivity index (χ1n) is 14.3. The first-order valence-corrected chi connectivity index (χ1v) is 22.2. The van der Waals surface area contributed by atoms with Crippen LogP contribution in [-0.4, -0.2) is 34.9 Å². The average molecular weight is 1290 g/mol. The second kappa shape index (κ2) is 13.2. The molecular weight excluding hydrogens is 1280 g/mol. The molecule has 0 saturated carbocycles. The Kier molecular flexibility index (Phi) is 9.26. The zero-order valence-electron chi connectivity index (χ0n) is 24.4. The number of hydrogen-bond donors (Lipinski definition) is 2. The highest BCUT2D eigenvalue weighted by molar-refractivity contribution is 9.14. The zero-order valence-corrected chi connectivity index (χ0v) is 40.1. The van der Waals surface area contributed by atoms with Gasteiger partial charge >= 0.3 is 0 Å². The second-order valence-corrected chi connectivity index (χ2v) is 19.5. The summed E-state index contributed by atoms with van der Waals surface area (Å²) in [6, 6.07) is 11.8. The first-order chi connectivity index (χ1) is 24.3. The predicted octanol–water partition coefficient (Wildman–Crippen LogP) is 15.6. The summed E-state index contributed by atoms with van der Waals surface area (Å²) in [5, 5.41) is 4.18. The van der Waals surface area contributed by atoms with Crippen molar-refractivity contribution in [2.45, 2.75) is 0 Å². The maximum Gasteiger partial charge on any atom is 0.166 e. The smallest absolute Gasteiger partial charge is 0.166 e. The van der Waals surface area contributed by atoms with Gasteiger partial charge < -0.3 is 9.97 Å². The van der Waals surface area contributed by atoms with Gasteiger partial charge in [-0.3, -0.25) is 0 Å². The van der Waals surface area contributed by atoms with Gasteiger partial charge in [0.25, 0.3) is 0 Å². The van der Waals surface area contributed by atoms with E-state index in [1.165, 1.54) is 0 Å². The number of nitrogens with zero attached hydrogens (tertiary/aromatic N) is 5. The molecule has 3 aromatic heterocycles. The zero-order chi connectivity index (χ0) is 35.8. The van der Waals surface area contributed by atoms with Gasteiger partial charge in [-0.15, -0.1) is 0 Å².